The van der Waals surface area contributed by atoms with E-state index in [0.717, 1.165) is 10.6 Å². The molecule has 0 radical (unpaired) electrons. The number of hydrogen-bond acceptors (Lipinski definition) is 2. The van der Waals surface area contributed by atoms with Crippen LogP contribution >= 0.6 is 0 Å². The number of nitrogens with one attached hydrogen (secondary N) is 1. The Morgan fingerprint density at radius 3 is 2.18 bits per heavy atom. The molecule has 0 amide bonds. The van der Waals surface area contributed by atoms with Crippen molar-refractivity contribution < 1.29 is 4.55 Å². The van der Waals surface area contributed by atoms with Gasteiger partial charge in [0, 0.05) is 12.7 Å². The van der Waals surface area contributed by atoms with Gasteiger partial charge in [0.1, 0.15) is 6.26 Å². The van der Waals surface area contributed by atoms with Gasteiger partial charge in [-0.1, -0.05) is 0 Å². The molecule has 2 nitrogen and oxygen atoms in total. The van der Waals surface area contributed by atoms with Crippen LogP contribution < -0.4 is 5.32 Å². The predicted octanol–water partition coefficient (Wildman–Crippen LogP) is 1.81. The molecule has 1 aromatic rings. The lowest BCUT2D eigenvalue weighted by molar-refractivity contribution is 0.645. The minimum atomic E-state index is -0.617. The monoisotopic (exact) mass is 170 g/mol. The van der Waals surface area contributed by atoms with E-state index in [0.29, 0.717) is 0 Å². The van der Waals surface area contributed by atoms with Crippen LogP contribution in [0.1, 0.15) is 0 Å². The average Bonchev–Trinajstić information content (AvgIpc) is 2.05. The van der Waals surface area contributed by atoms with E-state index in [9.17, 15) is 4.55 Å². The molecule has 1 aromatic carbocycles. The van der Waals surface area contributed by atoms with Crippen LogP contribution in [0.4, 0.5) is 5.69 Å². The number of anilines is 1. The molecule has 11 heavy (non-hydrogen) atoms. The van der Waals surface area contributed by atoms with Crippen molar-refractivity contribution in [2.45, 2.75) is 4.90 Å². The Hall–Kier alpha value is -0.670. The molecule has 0 saturated carbocycles. The van der Waals surface area contributed by atoms with Crippen molar-refractivity contribution in [3.8, 4) is 0 Å². The van der Waals surface area contributed by atoms with Crippen LogP contribution in [0.2, 0.25) is 0 Å². The van der Waals surface area contributed by atoms with Crippen LogP contribution in [0, 0.1) is 0 Å². The average molecular weight is 170 g/mol. The van der Waals surface area contributed by atoms with Crippen LogP contribution in [0.3, 0.4) is 0 Å². The maximum Gasteiger partial charge on any atom is 0.189 e. The van der Waals surface area contributed by atoms with Crippen LogP contribution in [0.25, 0.3) is 0 Å². The van der Waals surface area contributed by atoms with E-state index in [2.05, 4.69) is 5.32 Å². The molecule has 1 unspecified atom stereocenters. The topological polar surface area (TPSA) is 32.3 Å². The van der Waals surface area contributed by atoms with Crippen LogP contribution in [-0.4, -0.2) is 17.9 Å². The molecule has 0 aliphatic rings. The summed E-state index contributed by atoms with van der Waals surface area (Å²) < 4.78 is 9.19. The first-order valence-electron chi connectivity index (χ1n) is 3.37. The zero-order valence-corrected chi connectivity index (χ0v) is 7.48. The molecule has 0 spiro atoms. The van der Waals surface area contributed by atoms with Crippen molar-refractivity contribution in [2.75, 3.05) is 18.6 Å². The van der Waals surface area contributed by atoms with Gasteiger partial charge >= 0.3 is 0 Å². The van der Waals surface area contributed by atoms with E-state index in [1.807, 2.05) is 31.3 Å². The fourth-order valence-electron chi connectivity index (χ4n) is 0.819. The van der Waals surface area contributed by atoms with E-state index in [1.54, 1.807) is 6.26 Å². The minimum absolute atomic E-state index is 0.617. The molecular formula is C8H12NOS+. The highest BCUT2D eigenvalue weighted by molar-refractivity contribution is 7.90. The molecule has 0 heterocycles. The number of rotatable bonds is 2. The van der Waals surface area contributed by atoms with Crippen molar-refractivity contribution in [3.63, 3.8) is 0 Å². The van der Waals surface area contributed by atoms with E-state index in [1.165, 1.54) is 0 Å². The number of benzene rings is 1. The Bertz CT molecular complexity index is 220. The van der Waals surface area contributed by atoms with E-state index < -0.39 is 11.2 Å². The smallest absolute Gasteiger partial charge is 0.189 e. The maximum absolute atomic E-state index is 9.19. The second-order valence-electron chi connectivity index (χ2n) is 2.25. The van der Waals surface area contributed by atoms with Gasteiger partial charge in [-0.15, -0.1) is 0 Å². The molecule has 60 valence electrons. The minimum Gasteiger partial charge on any atom is -0.388 e. The van der Waals surface area contributed by atoms with Crippen LogP contribution in [-0.2, 0) is 11.2 Å². The van der Waals surface area contributed by atoms with E-state index in [4.69, 9.17) is 0 Å². The first kappa shape index (κ1) is 8.43. The lowest BCUT2D eigenvalue weighted by atomic mass is 10.3. The third-order valence-corrected chi connectivity index (χ3v) is 2.44. The molecule has 0 aliphatic heterocycles. The van der Waals surface area contributed by atoms with Gasteiger partial charge < -0.3 is 5.32 Å². The van der Waals surface area contributed by atoms with Crippen molar-refractivity contribution in [2.24, 2.45) is 0 Å². The van der Waals surface area contributed by atoms with E-state index >= 15 is 0 Å². The van der Waals surface area contributed by atoms with Crippen molar-refractivity contribution in [1.29, 1.82) is 0 Å². The predicted molar refractivity (Wildman–Crippen MR) is 50.2 cm³/mol. The van der Waals surface area contributed by atoms with Crippen molar-refractivity contribution in [1.82, 2.24) is 0 Å². The lowest BCUT2D eigenvalue weighted by Crippen LogP contribution is -1.96. The van der Waals surface area contributed by atoms with Gasteiger partial charge in [0.25, 0.3) is 0 Å². The van der Waals surface area contributed by atoms with Crippen LogP contribution in [0.5, 0.6) is 0 Å². The SMILES string of the molecule is CNc1ccc([S+](C)O)cc1. The van der Waals surface area contributed by atoms with Crippen molar-refractivity contribution in [3.05, 3.63) is 24.3 Å². The molecule has 3 heteroatoms. The van der Waals surface area contributed by atoms with Gasteiger partial charge in [-0.05, 0) is 24.3 Å². The fourth-order valence-corrected chi connectivity index (χ4v) is 1.35. The highest BCUT2D eigenvalue weighted by Crippen LogP contribution is 2.12. The Morgan fingerprint density at radius 1 is 1.27 bits per heavy atom. The van der Waals surface area contributed by atoms with Gasteiger partial charge in [0.15, 0.2) is 16.1 Å². The quantitative estimate of drug-likeness (QED) is 0.663. The Labute approximate surface area is 69.8 Å². The van der Waals surface area contributed by atoms with Gasteiger partial charge in [-0.3, -0.25) is 0 Å². The molecule has 0 saturated heterocycles. The summed E-state index contributed by atoms with van der Waals surface area (Å²) in [4.78, 5) is 0.976. The number of hydrogen-bond donors (Lipinski definition) is 2. The summed E-state index contributed by atoms with van der Waals surface area (Å²) >= 11 is -0.617. The first-order chi connectivity index (χ1) is 5.24. The second kappa shape index (κ2) is 3.64. The molecule has 0 aliphatic carbocycles. The summed E-state index contributed by atoms with van der Waals surface area (Å²) in [6.07, 6.45) is 1.79. The fraction of sp³-hybridized carbons (Fsp3) is 0.250. The Kier molecular flexibility index (Phi) is 2.79. The van der Waals surface area contributed by atoms with Crippen LogP contribution in [0.15, 0.2) is 29.2 Å². The standard InChI is InChI=1S/C8H12NOS/c1-9-7-3-5-8(6-4-7)11(2)10/h3-6,9-10H,1-2H3/q+1. The zero-order valence-electron chi connectivity index (χ0n) is 6.66. The largest absolute Gasteiger partial charge is 0.388 e. The molecule has 1 rings (SSSR count). The summed E-state index contributed by atoms with van der Waals surface area (Å²) in [5.74, 6) is 0. The normalized spacial score (nSPS) is 12.6. The second-order valence-corrected chi connectivity index (χ2v) is 3.68. The summed E-state index contributed by atoms with van der Waals surface area (Å²) in [6.45, 7) is 0. The van der Waals surface area contributed by atoms with Gasteiger partial charge in [0.2, 0.25) is 0 Å². The van der Waals surface area contributed by atoms with E-state index in [-0.39, 0.29) is 0 Å². The van der Waals surface area contributed by atoms with Crippen molar-refractivity contribution >= 4 is 16.9 Å². The Balaban J connectivity index is 2.83. The lowest BCUT2D eigenvalue weighted by Gasteiger charge is -1.98. The van der Waals surface area contributed by atoms with Gasteiger partial charge in [-0.25, -0.2) is 0 Å². The summed E-state index contributed by atoms with van der Waals surface area (Å²) in [7, 11) is 1.87. The molecule has 1 atom stereocenters. The molecule has 0 aromatic heterocycles. The highest BCUT2D eigenvalue weighted by atomic mass is 32.2. The molecule has 2 N–H and O–H groups in total. The third kappa shape index (κ3) is 2.13. The molecular weight excluding hydrogens is 158 g/mol. The third-order valence-electron chi connectivity index (χ3n) is 1.48. The highest BCUT2D eigenvalue weighted by Gasteiger charge is 2.09. The first-order valence-corrected chi connectivity index (χ1v) is 4.96. The zero-order chi connectivity index (χ0) is 8.27. The summed E-state index contributed by atoms with van der Waals surface area (Å²) in [5.41, 5.74) is 1.07. The molecule has 0 bridgehead atoms. The summed E-state index contributed by atoms with van der Waals surface area (Å²) in [5, 5.41) is 3.01. The van der Waals surface area contributed by atoms with Gasteiger partial charge in [-0.2, -0.15) is 4.55 Å². The summed E-state index contributed by atoms with van der Waals surface area (Å²) in [6, 6.07) is 7.76. The maximum atomic E-state index is 9.19. The Morgan fingerprint density at radius 2 is 1.82 bits per heavy atom. The molecule has 0 fully saturated rings. The van der Waals surface area contributed by atoms with Gasteiger partial charge in [0.05, 0.1) is 0 Å².